The van der Waals surface area contributed by atoms with Gasteiger partial charge in [-0.25, -0.2) is 4.39 Å². The molecule has 1 aromatic heterocycles. The molecule has 0 bridgehead atoms. The molecule has 0 aliphatic carbocycles. The first-order valence-electron chi connectivity index (χ1n) is 10.7. The van der Waals surface area contributed by atoms with E-state index < -0.39 is 17.7 Å². The number of benzene rings is 3. The van der Waals surface area contributed by atoms with Crippen molar-refractivity contribution in [3.8, 4) is 0 Å². The van der Waals surface area contributed by atoms with Crippen LogP contribution in [-0.2, 0) is 23.2 Å². The van der Waals surface area contributed by atoms with Gasteiger partial charge in [0.15, 0.2) is 0 Å². The molecule has 2 heterocycles. The van der Waals surface area contributed by atoms with Crippen LogP contribution >= 0.6 is 15.9 Å². The SMILES string of the molecule is Cn1cc(C2/C(=C(\O)c3ccc(Br)cc3)C(=O)C(=O)N2Cc2ccc(F)cc2)c2ccccc21. The molecule has 1 aliphatic rings. The molecule has 1 aliphatic heterocycles. The molecule has 1 saturated heterocycles. The highest BCUT2D eigenvalue weighted by Gasteiger charge is 2.47. The smallest absolute Gasteiger partial charge is 0.295 e. The van der Waals surface area contributed by atoms with Gasteiger partial charge >= 0.3 is 0 Å². The number of amides is 1. The summed E-state index contributed by atoms with van der Waals surface area (Å²) >= 11 is 3.37. The molecular formula is C27H20BrFN2O3. The maximum atomic E-state index is 13.5. The Bertz CT molecular complexity index is 1460. The molecule has 3 aromatic carbocycles. The maximum absolute atomic E-state index is 13.5. The quantitative estimate of drug-likeness (QED) is 0.214. The zero-order valence-electron chi connectivity index (χ0n) is 18.2. The molecule has 1 unspecified atom stereocenters. The average molecular weight is 519 g/mol. The molecular weight excluding hydrogens is 499 g/mol. The lowest BCUT2D eigenvalue weighted by atomic mass is 9.95. The van der Waals surface area contributed by atoms with E-state index in [1.54, 1.807) is 36.4 Å². The highest BCUT2D eigenvalue weighted by atomic mass is 79.9. The summed E-state index contributed by atoms with van der Waals surface area (Å²) in [5.41, 5.74) is 2.82. The molecule has 34 heavy (non-hydrogen) atoms. The summed E-state index contributed by atoms with van der Waals surface area (Å²) in [5, 5.41) is 12.1. The summed E-state index contributed by atoms with van der Waals surface area (Å²) in [6.07, 6.45) is 1.88. The third-order valence-corrected chi connectivity index (χ3v) is 6.67. The molecule has 1 N–H and O–H groups in total. The average Bonchev–Trinajstić information content (AvgIpc) is 3.29. The van der Waals surface area contributed by atoms with Crippen LogP contribution in [0.3, 0.4) is 0 Å². The zero-order chi connectivity index (χ0) is 24.0. The molecule has 0 radical (unpaired) electrons. The number of aryl methyl sites for hydroxylation is 1. The van der Waals surface area contributed by atoms with Crippen molar-refractivity contribution < 1.29 is 19.1 Å². The number of aromatic nitrogens is 1. The number of carbonyl (C=O) groups is 2. The lowest BCUT2D eigenvalue weighted by Crippen LogP contribution is -2.29. The number of halogens is 2. The van der Waals surface area contributed by atoms with Crippen LogP contribution in [0.4, 0.5) is 4.39 Å². The van der Waals surface area contributed by atoms with Crippen LogP contribution < -0.4 is 0 Å². The predicted molar refractivity (Wildman–Crippen MR) is 131 cm³/mol. The highest BCUT2D eigenvalue weighted by Crippen LogP contribution is 2.43. The summed E-state index contributed by atoms with van der Waals surface area (Å²) in [6, 6.07) is 19.6. The Morgan fingerprint density at radius 3 is 2.38 bits per heavy atom. The van der Waals surface area contributed by atoms with Crippen molar-refractivity contribution in [2.75, 3.05) is 0 Å². The van der Waals surface area contributed by atoms with Crippen molar-refractivity contribution >= 4 is 44.3 Å². The van der Waals surface area contributed by atoms with Crippen molar-refractivity contribution in [2.45, 2.75) is 12.6 Å². The topological polar surface area (TPSA) is 62.5 Å². The monoisotopic (exact) mass is 518 g/mol. The number of aliphatic hydroxyl groups is 1. The first-order chi connectivity index (χ1) is 16.3. The highest BCUT2D eigenvalue weighted by molar-refractivity contribution is 9.10. The van der Waals surface area contributed by atoms with Gasteiger partial charge in [-0.2, -0.15) is 0 Å². The van der Waals surface area contributed by atoms with Gasteiger partial charge in [-0.05, 0) is 35.9 Å². The normalized spacial score (nSPS) is 17.6. The van der Waals surface area contributed by atoms with Gasteiger partial charge in [-0.1, -0.05) is 58.4 Å². The van der Waals surface area contributed by atoms with Gasteiger partial charge in [0.25, 0.3) is 11.7 Å². The van der Waals surface area contributed by atoms with Crippen molar-refractivity contribution in [1.29, 1.82) is 0 Å². The van der Waals surface area contributed by atoms with E-state index in [2.05, 4.69) is 15.9 Å². The van der Waals surface area contributed by atoms with Gasteiger partial charge in [0, 0.05) is 46.3 Å². The van der Waals surface area contributed by atoms with Crippen LogP contribution in [0.1, 0.15) is 22.7 Å². The Morgan fingerprint density at radius 1 is 1.00 bits per heavy atom. The fourth-order valence-corrected chi connectivity index (χ4v) is 4.77. The van der Waals surface area contributed by atoms with Gasteiger partial charge in [0.2, 0.25) is 0 Å². The van der Waals surface area contributed by atoms with E-state index in [0.29, 0.717) is 11.1 Å². The minimum atomic E-state index is -0.806. The Hall–Kier alpha value is -3.71. The molecule has 4 aromatic rings. The second-order valence-electron chi connectivity index (χ2n) is 8.27. The van der Waals surface area contributed by atoms with Crippen LogP contribution in [0.15, 0.2) is 89.0 Å². The lowest BCUT2D eigenvalue weighted by Gasteiger charge is -2.25. The van der Waals surface area contributed by atoms with E-state index >= 15 is 0 Å². The number of para-hydroxylation sites is 1. The first-order valence-corrected chi connectivity index (χ1v) is 11.5. The fourth-order valence-electron chi connectivity index (χ4n) is 4.51. The van der Waals surface area contributed by atoms with Crippen LogP contribution in [0, 0.1) is 5.82 Å². The third kappa shape index (κ3) is 3.72. The summed E-state index contributed by atoms with van der Waals surface area (Å²) in [6.45, 7) is 0.0931. The molecule has 0 spiro atoms. The molecule has 7 heteroatoms. The second-order valence-corrected chi connectivity index (χ2v) is 9.19. The Kier molecular flexibility index (Phi) is 5.57. The zero-order valence-corrected chi connectivity index (χ0v) is 19.8. The summed E-state index contributed by atoms with van der Waals surface area (Å²) < 4.78 is 16.2. The number of fused-ring (bicyclic) bond motifs is 1. The molecule has 5 nitrogen and oxygen atoms in total. The number of nitrogens with zero attached hydrogens (tertiary/aromatic N) is 2. The third-order valence-electron chi connectivity index (χ3n) is 6.15. The van der Waals surface area contributed by atoms with Crippen molar-refractivity contribution in [3.05, 3.63) is 112 Å². The van der Waals surface area contributed by atoms with E-state index in [1.807, 2.05) is 42.1 Å². The molecule has 5 rings (SSSR count). The molecule has 1 fully saturated rings. The predicted octanol–water partition coefficient (Wildman–Crippen LogP) is 5.70. The summed E-state index contributed by atoms with van der Waals surface area (Å²) in [5.74, 6) is -2.07. The second kappa shape index (κ2) is 8.57. The van der Waals surface area contributed by atoms with Crippen LogP contribution in [0.5, 0.6) is 0 Å². The first kappa shape index (κ1) is 22.1. The molecule has 0 saturated carbocycles. The van der Waals surface area contributed by atoms with Gasteiger partial charge < -0.3 is 14.6 Å². The summed E-state index contributed by atoms with van der Waals surface area (Å²) in [7, 11) is 1.90. The van der Waals surface area contributed by atoms with Gasteiger partial charge in [-0.3, -0.25) is 9.59 Å². The number of rotatable bonds is 4. The van der Waals surface area contributed by atoms with E-state index in [1.165, 1.54) is 17.0 Å². The number of likely N-dealkylation sites (tertiary alicyclic amines) is 1. The Balaban J connectivity index is 1.72. The van der Waals surface area contributed by atoms with Crippen molar-refractivity contribution in [3.63, 3.8) is 0 Å². The Morgan fingerprint density at radius 2 is 1.68 bits per heavy atom. The van der Waals surface area contributed by atoms with Crippen LogP contribution in [-0.4, -0.2) is 26.3 Å². The van der Waals surface area contributed by atoms with Crippen LogP contribution in [0.2, 0.25) is 0 Å². The van der Waals surface area contributed by atoms with Gasteiger partial charge in [0.05, 0.1) is 11.6 Å². The molecule has 1 atom stereocenters. The molecule has 170 valence electrons. The van der Waals surface area contributed by atoms with E-state index in [9.17, 15) is 19.1 Å². The number of hydrogen-bond donors (Lipinski definition) is 1. The minimum Gasteiger partial charge on any atom is -0.507 e. The van der Waals surface area contributed by atoms with Crippen molar-refractivity contribution in [2.24, 2.45) is 7.05 Å². The van der Waals surface area contributed by atoms with Crippen LogP contribution in [0.25, 0.3) is 16.7 Å². The number of aliphatic hydroxyl groups excluding tert-OH is 1. The van der Waals surface area contributed by atoms with Gasteiger partial charge in [0.1, 0.15) is 11.6 Å². The minimum absolute atomic E-state index is 0.0331. The number of carbonyl (C=O) groups excluding carboxylic acids is 2. The maximum Gasteiger partial charge on any atom is 0.295 e. The van der Waals surface area contributed by atoms with E-state index in [-0.39, 0.29) is 23.7 Å². The number of Topliss-reactive ketones (excluding diaryl/α,β-unsaturated/α-hetero) is 1. The lowest BCUT2D eigenvalue weighted by molar-refractivity contribution is -0.140. The van der Waals surface area contributed by atoms with Gasteiger partial charge in [-0.15, -0.1) is 0 Å². The largest absolute Gasteiger partial charge is 0.507 e. The molecule has 1 amide bonds. The van der Waals surface area contributed by atoms with Crippen molar-refractivity contribution in [1.82, 2.24) is 9.47 Å². The number of hydrogen-bond acceptors (Lipinski definition) is 3. The van der Waals surface area contributed by atoms with E-state index in [4.69, 9.17) is 0 Å². The Labute approximate surface area is 203 Å². The summed E-state index contributed by atoms with van der Waals surface area (Å²) in [4.78, 5) is 28.0. The number of ketones is 1. The standard InChI is InChI=1S/C27H20BrFN2O3/c1-30-15-21(20-4-2-3-5-22(20)30)24-23(25(32)17-8-10-18(28)11-9-17)26(33)27(34)31(24)14-16-6-12-19(29)13-7-16/h2-13,15,24,32H,14H2,1H3/b25-23+. The fraction of sp³-hybridized carbons (Fsp3) is 0.111. The van der Waals surface area contributed by atoms with E-state index in [0.717, 1.165) is 20.9 Å².